The Morgan fingerprint density at radius 3 is 2.45 bits per heavy atom. The largest absolute Gasteiger partial charge is 0.422 e. The molecule has 1 aromatic heterocycles. The third-order valence-corrected chi connectivity index (χ3v) is 4.30. The molecule has 0 amide bonds. The maximum absolute atomic E-state index is 12.2. The third-order valence-electron chi connectivity index (χ3n) is 4.30. The molecule has 1 aliphatic rings. The van der Waals surface area contributed by atoms with E-state index >= 15 is 0 Å². The fraction of sp³-hybridized carbons (Fsp3) is 0.412. The zero-order valence-corrected chi connectivity index (χ0v) is 13.2. The molecule has 1 aromatic carbocycles. The van der Waals surface area contributed by atoms with Crippen LogP contribution in [0.4, 0.5) is 5.69 Å². The predicted molar refractivity (Wildman–Crippen MR) is 87.1 cm³/mol. The van der Waals surface area contributed by atoms with Crippen LogP contribution in [0.15, 0.2) is 21.3 Å². The molecule has 0 spiro atoms. The van der Waals surface area contributed by atoms with Crippen molar-refractivity contribution >= 4 is 22.9 Å². The quantitative estimate of drug-likeness (QED) is 0.627. The van der Waals surface area contributed by atoms with E-state index < -0.39 is 5.63 Å². The second-order valence-corrected chi connectivity index (χ2v) is 6.01. The number of hydrogen-bond acceptors (Lipinski definition) is 5. The van der Waals surface area contributed by atoms with Crippen molar-refractivity contribution in [2.45, 2.75) is 13.8 Å². The Balaban J connectivity index is 2.29. The molecule has 1 aliphatic heterocycles. The van der Waals surface area contributed by atoms with E-state index in [4.69, 9.17) is 4.42 Å². The molecule has 0 aliphatic carbocycles. The first-order valence-corrected chi connectivity index (χ1v) is 7.48. The van der Waals surface area contributed by atoms with Gasteiger partial charge in [0.15, 0.2) is 6.29 Å². The van der Waals surface area contributed by atoms with Gasteiger partial charge in [-0.2, -0.15) is 0 Å². The summed E-state index contributed by atoms with van der Waals surface area (Å²) < 4.78 is 5.37. The Bertz CT molecular complexity index is 787. The monoisotopic (exact) mass is 300 g/mol. The van der Waals surface area contributed by atoms with Gasteiger partial charge in [0.1, 0.15) is 11.1 Å². The number of aryl methyl sites for hydroxylation is 2. The Morgan fingerprint density at radius 2 is 1.82 bits per heavy atom. The Labute approximate surface area is 129 Å². The van der Waals surface area contributed by atoms with Gasteiger partial charge in [0.25, 0.3) is 0 Å². The number of hydrogen-bond donors (Lipinski definition) is 0. The van der Waals surface area contributed by atoms with Crippen LogP contribution < -0.4 is 10.5 Å². The number of likely N-dealkylation sites (N-methyl/N-ethyl adjacent to an activating group) is 1. The number of rotatable bonds is 2. The van der Waals surface area contributed by atoms with Crippen molar-refractivity contribution < 1.29 is 9.21 Å². The number of piperazine rings is 1. The van der Waals surface area contributed by atoms with Gasteiger partial charge in [-0.3, -0.25) is 4.79 Å². The van der Waals surface area contributed by atoms with Crippen LogP contribution in [-0.4, -0.2) is 44.4 Å². The molecule has 5 heteroatoms. The molecule has 0 saturated carbocycles. The molecule has 0 atom stereocenters. The maximum atomic E-state index is 12.2. The summed E-state index contributed by atoms with van der Waals surface area (Å²) in [5, 5.41) is 0.872. The van der Waals surface area contributed by atoms with Crippen molar-refractivity contribution in [3.8, 4) is 0 Å². The number of fused-ring (bicyclic) bond motifs is 1. The van der Waals surface area contributed by atoms with Crippen LogP contribution >= 0.6 is 0 Å². The Hall–Kier alpha value is -2.14. The standard InChI is InChI=1S/C17H20N2O3/c1-11-8-12(2)15-14(9-11)22-17(21)13(10-20)16(15)19-6-4-18(3)5-7-19/h8-10H,4-7H2,1-3H3. The minimum atomic E-state index is -0.554. The predicted octanol–water partition coefficient (Wildman–Crippen LogP) is 1.97. The smallest absolute Gasteiger partial charge is 0.349 e. The van der Waals surface area contributed by atoms with Gasteiger partial charge < -0.3 is 14.2 Å². The van der Waals surface area contributed by atoms with Crippen molar-refractivity contribution in [2.75, 3.05) is 38.1 Å². The van der Waals surface area contributed by atoms with Crippen molar-refractivity contribution in [2.24, 2.45) is 0 Å². The van der Waals surface area contributed by atoms with Crippen molar-refractivity contribution in [1.82, 2.24) is 4.90 Å². The zero-order chi connectivity index (χ0) is 15.9. The molecule has 22 heavy (non-hydrogen) atoms. The molecule has 5 nitrogen and oxygen atoms in total. The summed E-state index contributed by atoms with van der Waals surface area (Å²) in [5.74, 6) is 0. The molecule has 116 valence electrons. The van der Waals surface area contributed by atoms with E-state index in [1.807, 2.05) is 19.9 Å². The molecular weight excluding hydrogens is 280 g/mol. The minimum absolute atomic E-state index is 0.129. The lowest BCUT2D eigenvalue weighted by atomic mass is 10.0. The molecule has 2 aromatic rings. The van der Waals surface area contributed by atoms with Gasteiger partial charge in [0.05, 0.1) is 5.69 Å². The highest BCUT2D eigenvalue weighted by Crippen LogP contribution is 2.32. The van der Waals surface area contributed by atoms with Gasteiger partial charge in [0.2, 0.25) is 0 Å². The third kappa shape index (κ3) is 2.41. The summed E-state index contributed by atoms with van der Waals surface area (Å²) in [4.78, 5) is 28.0. The average molecular weight is 300 g/mol. The summed E-state index contributed by atoms with van der Waals surface area (Å²) in [7, 11) is 2.07. The van der Waals surface area contributed by atoms with E-state index in [9.17, 15) is 9.59 Å². The van der Waals surface area contributed by atoms with Crippen LogP contribution in [-0.2, 0) is 0 Å². The highest BCUT2D eigenvalue weighted by atomic mass is 16.4. The first-order valence-electron chi connectivity index (χ1n) is 7.48. The second kappa shape index (κ2) is 5.57. The summed E-state index contributed by atoms with van der Waals surface area (Å²) >= 11 is 0. The highest BCUT2D eigenvalue weighted by molar-refractivity contribution is 6.01. The van der Waals surface area contributed by atoms with Crippen LogP contribution in [0.1, 0.15) is 21.5 Å². The summed E-state index contributed by atoms with van der Waals surface area (Å²) in [5.41, 5.74) is 2.92. The molecule has 2 heterocycles. The van der Waals surface area contributed by atoms with Gasteiger partial charge in [-0.25, -0.2) is 4.79 Å². The molecule has 0 unspecified atom stereocenters. The highest BCUT2D eigenvalue weighted by Gasteiger charge is 2.23. The van der Waals surface area contributed by atoms with E-state index in [2.05, 4.69) is 22.9 Å². The van der Waals surface area contributed by atoms with Crippen molar-refractivity contribution in [3.05, 3.63) is 39.2 Å². The van der Waals surface area contributed by atoms with Crippen LogP contribution in [0.5, 0.6) is 0 Å². The average Bonchev–Trinajstić information content (AvgIpc) is 2.46. The van der Waals surface area contributed by atoms with Gasteiger partial charge >= 0.3 is 5.63 Å². The van der Waals surface area contributed by atoms with Crippen molar-refractivity contribution in [1.29, 1.82) is 0 Å². The lowest BCUT2D eigenvalue weighted by Crippen LogP contribution is -2.45. The number of aldehydes is 1. The first-order chi connectivity index (χ1) is 10.5. The molecule has 3 rings (SSSR count). The molecule has 0 radical (unpaired) electrons. The molecular formula is C17H20N2O3. The lowest BCUT2D eigenvalue weighted by molar-refractivity contribution is 0.112. The fourth-order valence-corrected chi connectivity index (χ4v) is 3.16. The zero-order valence-electron chi connectivity index (χ0n) is 13.2. The van der Waals surface area contributed by atoms with Crippen LogP contribution in [0, 0.1) is 13.8 Å². The SMILES string of the molecule is Cc1cc(C)c2c(N3CCN(C)CC3)c(C=O)c(=O)oc2c1. The van der Waals surface area contributed by atoms with Gasteiger partial charge in [-0.1, -0.05) is 6.07 Å². The minimum Gasteiger partial charge on any atom is -0.422 e. The van der Waals surface area contributed by atoms with Crippen LogP contribution in [0.25, 0.3) is 11.0 Å². The number of anilines is 1. The van der Waals surface area contributed by atoms with Gasteiger partial charge in [-0.15, -0.1) is 0 Å². The first kappa shape index (κ1) is 14.8. The van der Waals surface area contributed by atoms with E-state index in [0.29, 0.717) is 11.9 Å². The normalized spacial score (nSPS) is 16.2. The van der Waals surface area contributed by atoms with E-state index in [1.54, 1.807) is 0 Å². The van der Waals surface area contributed by atoms with Gasteiger partial charge in [0, 0.05) is 31.6 Å². The van der Waals surface area contributed by atoms with Gasteiger partial charge in [-0.05, 0) is 38.1 Å². The van der Waals surface area contributed by atoms with E-state index in [-0.39, 0.29) is 5.56 Å². The maximum Gasteiger partial charge on any atom is 0.349 e. The summed E-state index contributed by atoms with van der Waals surface area (Å²) in [6, 6.07) is 3.91. The van der Waals surface area contributed by atoms with Crippen LogP contribution in [0.3, 0.4) is 0 Å². The number of benzene rings is 1. The van der Waals surface area contributed by atoms with Crippen molar-refractivity contribution in [3.63, 3.8) is 0 Å². The van der Waals surface area contributed by atoms with E-state index in [0.717, 1.165) is 48.4 Å². The summed E-state index contributed by atoms with van der Waals surface area (Å²) in [6.07, 6.45) is 0.623. The number of carbonyl (C=O) groups is 1. The topological polar surface area (TPSA) is 53.8 Å². The fourth-order valence-electron chi connectivity index (χ4n) is 3.16. The number of carbonyl (C=O) groups excluding carboxylic acids is 1. The lowest BCUT2D eigenvalue weighted by Gasteiger charge is -2.35. The Kier molecular flexibility index (Phi) is 3.74. The second-order valence-electron chi connectivity index (χ2n) is 6.01. The Morgan fingerprint density at radius 1 is 1.14 bits per heavy atom. The molecule has 1 saturated heterocycles. The summed E-state index contributed by atoms with van der Waals surface area (Å²) in [6.45, 7) is 7.36. The number of nitrogens with zero attached hydrogens (tertiary/aromatic N) is 2. The van der Waals surface area contributed by atoms with E-state index in [1.165, 1.54) is 0 Å². The van der Waals surface area contributed by atoms with Crippen LogP contribution in [0.2, 0.25) is 0 Å². The molecule has 1 fully saturated rings. The molecule has 0 bridgehead atoms. The molecule has 0 N–H and O–H groups in total.